The lowest BCUT2D eigenvalue weighted by Crippen LogP contribution is -2.54. The number of carbonyl (C=O) groups is 1. The van der Waals surface area contributed by atoms with E-state index < -0.39 is 5.60 Å². The van der Waals surface area contributed by atoms with E-state index in [-0.39, 0.29) is 12.1 Å². The molecule has 0 bridgehead atoms. The molecule has 1 atom stereocenters. The van der Waals surface area contributed by atoms with Gasteiger partial charge in [-0.25, -0.2) is 4.79 Å². The summed E-state index contributed by atoms with van der Waals surface area (Å²) in [6.07, 6.45) is -0.267. The van der Waals surface area contributed by atoms with Gasteiger partial charge in [-0.1, -0.05) is 28.1 Å². The fourth-order valence-corrected chi connectivity index (χ4v) is 2.63. The first-order valence-electron chi connectivity index (χ1n) is 7.88. The highest BCUT2D eigenvalue weighted by atomic mass is 79.9. The lowest BCUT2D eigenvalue weighted by molar-refractivity contribution is -0.0317. The van der Waals surface area contributed by atoms with Gasteiger partial charge in [0.1, 0.15) is 5.60 Å². The number of halogens is 1. The molecule has 1 amide bonds. The Morgan fingerprint density at radius 3 is 2.74 bits per heavy atom. The number of carbonyl (C=O) groups excluding carboxylic acids is 1. The zero-order valence-electron chi connectivity index (χ0n) is 14.0. The Morgan fingerprint density at radius 1 is 1.39 bits per heavy atom. The van der Waals surface area contributed by atoms with Crippen LogP contribution in [0.15, 0.2) is 28.7 Å². The minimum Gasteiger partial charge on any atom is -0.444 e. The number of hydrogen-bond acceptors (Lipinski definition) is 4. The molecule has 1 aromatic rings. The highest BCUT2D eigenvalue weighted by molar-refractivity contribution is 9.10. The van der Waals surface area contributed by atoms with Gasteiger partial charge in [-0.2, -0.15) is 0 Å². The van der Waals surface area contributed by atoms with E-state index in [1.54, 1.807) is 4.90 Å². The molecular weight excluding hydrogens is 360 g/mol. The van der Waals surface area contributed by atoms with Crippen molar-refractivity contribution < 1.29 is 14.3 Å². The van der Waals surface area contributed by atoms with E-state index in [0.717, 1.165) is 11.0 Å². The first kappa shape index (κ1) is 18.2. The molecule has 6 heteroatoms. The monoisotopic (exact) mass is 384 g/mol. The number of ether oxygens (including phenoxy) is 2. The minimum absolute atomic E-state index is 0.00551. The normalized spacial score (nSPS) is 18.8. The van der Waals surface area contributed by atoms with Gasteiger partial charge in [-0.05, 0) is 38.5 Å². The summed E-state index contributed by atoms with van der Waals surface area (Å²) in [6, 6.07) is 8.18. The molecule has 5 nitrogen and oxygen atoms in total. The number of hydrogen-bond donors (Lipinski definition) is 1. The molecule has 1 aliphatic rings. The topological polar surface area (TPSA) is 50.8 Å². The molecule has 0 spiro atoms. The van der Waals surface area contributed by atoms with Gasteiger partial charge in [0.25, 0.3) is 0 Å². The van der Waals surface area contributed by atoms with E-state index in [1.807, 2.05) is 32.9 Å². The predicted octanol–water partition coefficient (Wildman–Crippen LogP) is 3.17. The van der Waals surface area contributed by atoms with Crippen LogP contribution in [0.3, 0.4) is 0 Å². The quantitative estimate of drug-likeness (QED) is 0.865. The molecule has 1 aliphatic heterocycles. The maximum absolute atomic E-state index is 12.3. The van der Waals surface area contributed by atoms with Gasteiger partial charge in [0, 0.05) is 24.1 Å². The lowest BCUT2D eigenvalue weighted by Gasteiger charge is -2.36. The van der Waals surface area contributed by atoms with Crippen LogP contribution in [0, 0.1) is 0 Å². The molecule has 1 fully saturated rings. The van der Waals surface area contributed by atoms with Crippen molar-refractivity contribution in [3.63, 3.8) is 0 Å². The van der Waals surface area contributed by atoms with Crippen LogP contribution in [0.5, 0.6) is 0 Å². The Kier molecular flexibility index (Phi) is 6.44. The third-order valence-corrected chi connectivity index (χ3v) is 4.01. The molecule has 0 radical (unpaired) electrons. The Balaban J connectivity index is 1.86. The van der Waals surface area contributed by atoms with Gasteiger partial charge in [-0.15, -0.1) is 0 Å². The van der Waals surface area contributed by atoms with Gasteiger partial charge >= 0.3 is 6.09 Å². The van der Waals surface area contributed by atoms with Crippen LogP contribution in [0.4, 0.5) is 4.79 Å². The van der Waals surface area contributed by atoms with Crippen molar-refractivity contribution in [1.82, 2.24) is 10.2 Å². The SMILES string of the molecule is CC(C)(C)OC(=O)N1CCOCC1CNCc1ccc(Br)cc1. The molecule has 0 aliphatic carbocycles. The Bertz CT molecular complexity index is 514. The Morgan fingerprint density at radius 2 is 2.09 bits per heavy atom. The second-order valence-corrected chi connectivity index (χ2v) is 7.58. The number of morpholine rings is 1. The van der Waals surface area contributed by atoms with Crippen molar-refractivity contribution in [3.8, 4) is 0 Å². The Hall–Kier alpha value is -1.11. The smallest absolute Gasteiger partial charge is 0.410 e. The minimum atomic E-state index is -0.481. The van der Waals surface area contributed by atoms with Crippen LogP contribution in [-0.4, -0.2) is 48.9 Å². The van der Waals surface area contributed by atoms with E-state index in [9.17, 15) is 4.79 Å². The number of benzene rings is 1. The highest BCUT2D eigenvalue weighted by Crippen LogP contribution is 2.15. The third kappa shape index (κ3) is 6.12. The zero-order chi connectivity index (χ0) is 16.9. The van der Waals surface area contributed by atoms with Gasteiger partial charge < -0.3 is 14.8 Å². The van der Waals surface area contributed by atoms with Gasteiger partial charge in [0.2, 0.25) is 0 Å². The van der Waals surface area contributed by atoms with E-state index in [1.165, 1.54) is 5.56 Å². The molecule has 23 heavy (non-hydrogen) atoms. The average Bonchev–Trinajstić information content (AvgIpc) is 2.48. The summed E-state index contributed by atoms with van der Waals surface area (Å²) in [5.41, 5.74) is 0.721. The summed E-state index contributed by atoms with van der Waals surface area (Å²) in [5, 5.41) is 3.39. The van der Waals surface area contributed by atoms with Crippen molar-refractivity contribution in [2.45, 2.75) is 39.0 Å². The molecule has 2 rings (SSSR count). The summed E-state index contributed by atoms with van der Waals surface area (Å²) in [7, 11) is 0. The molecule has 1 aromatic carbocycles. The first-order valence-corrected chi connectivity index (χ1v) is 8.67. The molecule has 128 valence electrons. The van der Waals surface area contributed by atoms with Crippen LogP contribution < -0.4 is 5.32 Å². The van der Waals surface area contributed by atoms with Crippen LogP contribution in [0.25, 0.3) is 0 Å². The average molecular weight is 385 g/mol. The van der Waals surface area contributed by atoms with Crippen molar-refractivity contribution in [1.29, 1.82) is 0 Å². The fourth-order valence-electron chi connectivity index (χ4n) is 2.37. The molecule has 0 saturated carbocycles. The number of nitrogens with one attached hydrogen (secondary N) is 1. The number of nitrogens with zero attached hydrogens (tertiary/aromatic N) is 1. The van der Waals surface area contributed by atoms with E-state index >= 15 is 0 Å². The number of rotatable bonds is 4. The molecule has 1 N–H and O–H groups in total. The van der Waals surface area contributed by atoms with E-state index in [4.69, 9.17) is 9.47 Å². The molecule has 0 aromatic heterocycles. The van der Waals surface area contributed by atoms with Gasteiger partial charge in [0.05, 0.1) is 19.3 Å². The maximum atomic E-state index is 12.3. The highest BCUT2D eigenvalue weighted by Gasteiger charge is 2.30. The van der Waals surface area contributed by atoms with Crippen LogP contribution in [-0.2, 0) is 16.0 Å². The third-order valence-electron chi connectivity index (χ3n) is 3.48. The summed E-state index contributed by atoms with van der Waals surface area (Å²) >= 11 is 3.43. The predicted molar refractivity (Wildman–Crippen MR) is 93.4 cm³/mol. The van der Waals surface area contributed by atoms with E-state index in [0.29, 0.717) is 26.3 Å². The van der Waals surface area contributed by atoms with Gasteiger partial charge in [-0.3, -0.25) is 4.90 Å². The standard InChI is InChI=1S/C17H25BrN2O3/c1-17(2,3)23-16(21)20-8-9-22-12-15(20)11-19-10-13-4-6-14(18)7-5-13/h4-7,15,19H,8-12H2,1-3H3. The van der Waals surface area contributed by atoms with Crippen LogP contribution in [0.2, 0.25) is 0 Å². The second-order valence-electron chi connectivity index (χ2n) is 6.66. The van der Waals surface area contributed by atoms with Gasteiger partial charge in [0.15, 0.2) is 0 Å². The molecule has 1 heterocycles. The van der Waals surface area contributed by atoms with Crippen molar-refractivity contribution in [2.24, 2.45) is 0 Å². The summed E-state index contributed by atoms with van der Waals surface area (Å²) in [5.74, 6) is 0. The number of amides is 1. The zero-order valence-corrected chi connectivity index (χ0v) is 15.6. The first-order chi connectivity index (χ1) is 10.8. The van der Waals surface area contributed by atoms with Crippen LogP contribution >= 0.6 is 15.9 Å². The summed E-state index contributed by atoms with van der Waals surface area (Å²) in [4.78, 5) is 14.1. The summed E-state index contributed by atoms with van der Waals surface area (Å²) < 4.78 is 12.1. The van der Waals surface area contributed by atoms with Crippen LogP contribution in [0.1, 0.15) is 26.3 Å². The fraction of sp³-hybridized carbons (Fsp3) is 0.588. The second kappa shape index (κ2) is 8.13. The largest absolute Gasteiger partial charge is 0.444 e. The lowest BCUT2D eigenvalue weighted by atomic mass is 10.2. The molecular formula is C17H25BrN2O3. The molecule has 1 unspecified atom stereocenters. The van der Waals surface area contributed by atoms with Crippen molar-refractivity contribution in [2.75, 3.05) is 26.3 Å². The van der Waals surface area contributed by atoms with Crippen molar-refractivity contribution >= 4 is 22.0 Å². The van der Waals surface area contributed by atoms with Crippen molar-refractivity contribution in [3.05, 3.63) is 34.3 Å². The van der Waals surface area contributed by atoms with E-state index in [2.05, 4.69) is 33.4 Å². The molecule has 1 saturated heterocycles. The maximum Gasteiger partial charge on any atom is 0.410 e. The Labute approximate surface area is 146 Å². The summed E-state index contributed by atoms with van der Waals surface area (Å²) in [6.45, 7) is 8.74.